The zero-order valence-corrected chi connectivity index (χ0v) is 13.3. The van der Waals surface area contributed by atoms with Crippen LogP contribution < -0.4 is 10.0 Å². The van der Waals surface area contributed by atoms with Crippen LogP contribution in [0.15, 0.2) is 36.5 Å². The van der Waals surface area contributed by atoms with Crippen LogP contribution in [0.3, 0.4) is 0 Å². The molecule has 2 aromatic rings. The lowest BCUT2D eigenvalue weighted by Crippen LogP contribution is -2.15. The zero-order chi connectivity index (χ0) is 15.5. The summed E-state index contributed by atoms with van der Waals surface area (Å²) in [5.74, 6) is 0.314. The van der Waals surface area contributed by atoms with E-state index in [1.54, 1.807) is 31.3 Å². The van der Waals surface area contributed by atoms with Crippen molar-refractivity contribution in [3.63, 3.8) is 0 Å². The maximum atomic E-state index is 11.4. The highest BCUT2D eigenvalue weighted by atomic mass is 35.5. The molecule has 2 rings (SSSR count). The highest BCUT2D eigenvalue weighted by molar-refractivity contribution is 7.92. The minimum atomic E-state index is -3.30. The Balaban J connectivity index is 2.12. The van der Waals surface area contributed by atoms with E-state index in [0.717, 1.165) is 16.9 Å². The summed E-state index contributed by atoms with van der Waals surface area (Å²) in [6.45, 7) is 3.52. The van der Waals surface area contributed by atoms with Gasteiger partial charge in [-0.1, -0.05) is 11.6 Å². The Hall–Kier alpha value is -1.79. The number of halogens is 1. The van der Waals surface area contributed by atoms with Crippen LogP contribution in [0.1, 0.15) is 12.5 Å². The number of aromatic nitrogens is 1. The molecule has 0 unspecified atom stereocenters. The minimum absolute atomic E-state index is 0.0126. The number of sulfonamides is 1. The van der Waals surface area contributed by atoms with E-state index in [1.165, 1.54) is 0 Å². The molecule has 0 amide bonds. The van der Waals surface area contributed by atoms with Crippen molar-refractivity contribution < 1.29 is 8.42 Å². The first-order valence-corrected chi connectivity index (χ1v) is 8.42. The second-order valence-electron chi connectivity index (χ2n) is 4.52. The maximum Gasteiger partial charge on any atom is 0.233 e. The number of nitrogens with zero attached hydrogens (tertiary/aromatic N) is 1. The third kappa shape index (κ3) is 4.34. The van der Waals surface area contributed by atoms with Crippen LogP contribution >= 0.6 is 11.6 Å². The molecule has 0 fully saturated rings. The number of rotatable bonds is 5. The molecule has 0 aliphatic rings. The van der Waals surface area contributed by atoms with Crippen molar-refractivity contribution in [1.82, 2.24) is 4.98 Å². The van der Waals surface area contributed by atoms with Crippen molar-refractivity contribution in [2.24, 2.45) is 0 Å². The van der Waals surface area contributed by atoms with Crippen LogP contribution in [-0.4, -0.2) is 19.2 Å². The van der Waals surface area contributed by atoms with E-state index in [2.05, 4.69) is 15.0 Å². The molecule has 112 valence electrons. The van der Waals surface area contributed by atoms with Crippen LogP contribution in [0.5, 0.6) is 0 Å². The largest absolute Gasteiger partial charge is 0.354 e. The lowest BCUT2D eigenvalue weighted by molar-refractivity contribution is 0.602. The van der Waals surface area contributed by atoms with E-state index in [4.69, 9.17) is 11.6 Å². The van der Waals surface area contributed by atoms with E-state index < -0.39 is 10.0 Å². The molecule has 0 aliphatic carbocycles. The van der Waals surface area contributed by atoms with Crippen molar-refractivity contribution in [1.29, 1.82) is 0 Å². The van der Waals surface area contributed by atoms with Gasteiger partial charge in [0, 0.05) is 10.7 Å². The van der Waals surface area contributed by atoms with Crippen molar-refractivity contribution in [3.05, 3.63) is 47.1 Å². The first-order valence-electron chi connectivity index (χ1n) is 6.39. The van der Waals surface area contributed by atoms with Gasteiger partial charge in [0.15, 0.2) is 0 Å². The fourth-order valence-electron chi connectivity index (χ4n) is 1.68. The molecule has 21 heavy (non-hydrogen) atoms. The Morgan fingerprint density at radius 1 is 1.24 bits per heavy atom. The smallest absolute Gasteiger partial charge is 0.233 e. The van der Waals surface area contributed by atoms with Gasteiger partial charge in [-0.15, -0.1) is 0 Å². The summed E-state index contributed by atoms with van der Waals surface area (Å²) in [6.07, 6.45) is 1.57. The van der Waals surface area contributed by atoms with Gasteiger partial charge in [-0.2, -0.15) is 0 Å². The monoisotopic (exact) mass is 325 g/mol. The number of hydrogen-bond donors (Lipinski definition) is 2. The van der Waals surface area contributed by atoms with E-state index in [1.807, 2.05) is 19.1 Å². The number of benzene rings is 1. The third-order valence-corrected chi connectivity index (χ3v) is 4.39. The average molecular weight is 326 g/mol. The molecule has 7 heteroatoms. The lowest BCUT2D eigenvalue weighted by Gasteiger charge is -2.10. The van der Waals surface area contributed by atoms with Crippen molar-refractivity contribution in [2.75, 3.05) is 15.8 Å². The van der Waals surface area contributed by atoms with Gasteiger partial charge in [0.2, 0.25) is 10.0 Å². The van der Waals surface area contributed by atoms with Gasteiger partial charge in [-0.25, -0.2) is 13.4 Å². The van der Waals surface area contributed by atoms with E-state index in [-0.39, 0.29) is 5.75 Å². The number of nitrogens with one attached hydrogen (secondary N) is 2. The molecule has 1 heterocycles. The van der Waals surface area contributed by atoms with Crippen molar-refractivity contribution in [3.8, 4) is 0 Å². The van der Waals surface area contributed by atoms with Crippen LogP contribution in [0.25, 0.3) is 0 Å². The molecule has 0 saturated carbocycles. The first kappa shape index (κ1) is 15.6. The van der Waals surface area contributed by atoms with Gasteiger partial charge in [0.05, 0.1) is 17.6 Å². The summed E-state index contributed by atoms with van der Waals surface area (Å²) < 4.78 is 25.3. The molecule has 1 aromatic carbocycles. The molecule has 1 aromatic heterocycles. The Morgan fingerprint density at radius 2 is 2.00 bits per heavy atom. The Labute approximate surface area is 129 Å². The maximum absolute atomic E-state index is 11.4. The summed E-state index contributed by atoms with van der Waals surface area (Å²) in [5, 5.41) is 3.89. The predicted octanol–water partition coefficient (Wildman–Crippen LogP) is 3.55. The molecule has 0 spiro atoms. The standard InChI is InChI=1S/C14H16ClN3O2S/c1-3-21(19,20)18-14-7-5-12(9-16-14)17-13-6-4-11(15)8-10(13)2/h4-9,17H,3H2,1-2H3,(H,16,18). The van der Waals surface area contributed by atoms with Gasteiger partial charge in [0.25, 0.3) is 0 Å². The van der Waals surface area contributed by atoms with E-state index in [9.17, 15) is 8.42 Å². The van der Waals surface area contributed by atoms with Crippen LogP contribution in [-0.2, 0) is 10.0 Å². The second-order valence-corrected chi connectivity index (χ2v) is 6.97. The molecule has 5 nitrogen and oxygen atoms in total. The van der Waals surface area contributed by atoms with Crippen LogP contribution in [0, 0.1) is 6.92 Å². The zero-order valence-electron chi connectivity index (χ0n) is 11.7. The molecule has 0 aliphatic heterocycles. The van der Waals surface area contributed by atoms with Crippen molar-refractivity contribution >= 4 is 38.8 Å². The van der Waals surface area contributed by atoms with Gasteiger partial charge in [-0.05, 0) is 49.7 Å². The predicted molar refractivity (Wildman–Crippen MR) is 86.8 cm³/mol. The number of hydrogen-bond acceptors (Lipinski definition) is 4. The Morgan fingerprint density at radius 3 is 2.57 bits per heavy atom. The molecular formula is C14H16ClN3O2S. The normalized spacial score (nSPS) is 11.2. The summed E-state index contributed by atoms with van der Waals surface area (Å²) >= 11 is 5.91. The SMILES string of the molecule is CCS(=O)(=O)Nc1ccc(Nc2ccc(Cl)cc2C)cn1. The second kappa shape index (κ2) is 6.32. The van der Waals surface area contributed by atoms with Crippen LogP contribution in [0.4, 0.5) is 17.2 Å². The summed E-state index contributed by atoms with van der Waals surface area (Å²) in [4.78, 5) is 4.08. The van der Waals surface area contributed by atoms with Gasteiger partial charge >= 0.3 is 0 Å². The average Bonchev–Trinajstić information content (AvgIpc) is 2.44. The van der Waals surface area contributed by atoms with Gasteiger partial charge in [-0.3, -0.25) is 4.72 Å². The summed E-state index contributed by atoms with van der Waals surface area (Å²) in [7, 11) is -3.30. The highest BCUT2D eigenvalue weighted by Gasteiger charge is 2.07. The molecule has 0 saturated heterocycles. The fourth-order valence-corrected chi connectivity index (χ4v) is 2.49. The number of anilines is 3. The topological polar surface area (TPSA) is 71.1 Å². The van der Waals surface area contributed by atoms with Gasteiger partial charge in [0.1, 0.15) is 5.82 Å². The minimum Gasteiger partial charge on any atom is -0.354 e. The summed E-state index contributed by atoms with van der Waals surface area (Å²) in [5.41, 5.74) is 2.70. The van der Waals surface area contributed by atoms with Gasteiger partial charge < -0.3 is 5.32 Å². The number of pyridine rings is 1. The molecule has 0 atom stereocenters. The quantitative estimate of drug-likeness (QED) is 0.882. The lowest BCUT2D eigenvalue weighted by atomic mass is 10.2. The summed E-state index contributed by atoms with van der Waals surface area (Å²) in [6, 6.07) is 8.91. The Bertz CT molecular complexity index is 730. The molecular weight excluding hydrogens is 310 g/mol. The molecule has 2 N–H and O–H groups in total. The van der Waals surface area contributed by atoms with E-state index >= 15 is 0 Å². The van der Waals surface area contributed by atoms with Crippen LogP contribution in [0.2, 0.25) is 5.02 Å². The fraction of sp³-hybridized carbons (Fsp3) is 0.214. The molecule has 0 radical (unpaired) electrons. The first-order chi connectivity index (χ1) is 9.89. The van der Waals surface area contributed by atoms with Crippen molar-refractivity contribution in [2.45, 2.75) is 13.8 Å². The Kier molecular flexibility index (Phi) is 4.69. The molecule has 0 bridgehead atoms. The third-order valence-electron chi connectivity index (χ3n) is 2.87. The highest BCUT2D eigenvalue weighted by Crippen LogP contribution is 2.23. The number of aryl methyl sites for hydroxylation is 1. The van der Waals surface area contributed by atoms with E-state index in [0.29, 0.717) is 10.8 Å².